The molecular formula is C12H22O3S. The number of thioether (sulfide) groups is 1. The molecule has 0 rings (SSSR count). The Kier molecular flexibility index (Phi) is 9.39. The van der Waals surface area contributed by atoms with E-state index in [9.17, 15) is 9.59 Å². The van der Waals surface area contributed by atoms with Gasteiger partial charge in [0.05, 0.1) is 6.42 Å². The molecule has 0 heterocycles. The van der Waals surface area contributed by atoms with Crippen molar-refractivity contribution in [3.63, 3.8) is 0 Å². The summed E-state index contributed by atoms with van der Waals surface area (Å²) in [5, 5.41) is 8.68. The minimum absolute atomic E-state index is 0.0137. The molecule has 1 N–H and O–H groups in total. The molecule has 0 aliphatic heterocycles. The summed E-state index contributed by atoms with van der Waals surface area (Å²) in [4.78, 5) is 21.5. The lowest BCUT2D eigenvalue weighted by Gasteiger charge is -2.11. The summed E-state index contributed by atoms with van der Waals surface area (Å²) in [6.45, 7) is 3.66. The summed E-state index contributed by atoms with van der Waals surface area (Å²) >= 11 is 1.17. The molecule has 0 saturated heterocycles. The van der Waals surface area contributed by atoms with Crippen LogP contribution in [0.4, 0.5) is 0 Å². The lowest BCUT2D eigenvalue weighted by atomic mass is 10.1. The van der Waals surface area contributed by atoms with Crippen molar-refractivity contribution in [3.8, 4) is 0 Å². The van der Waals surface area contributed by atoms with Gasteiger partial charge in [-0.3, -0.25) is 9.59 Å². The van der Waals surface area contributed by atoms with E-state index in [0.717, 1.165) is 19.3 Å². The van der Waals surface area contributed by atoms with E-state index in [4.69, 9.17) is 5.11 Å². The number of carboxylic acids is 1. The average molecular weight is 246 g/mol. The maximum atomic E-state index is 10.9. The third-order valence-corrected chi connectivity index (χ3v) is 3.43. The molecule has 4 heteroatoms. The molecule has 0 aromatic heterocycles. The monoisotopic (exact) mass is 246 g/mol. The maximum absolute atomic E-state index is 10.9. The molecule has 0 fully saturated rings. The average Bonchev–Trinajstić information content (AvgIpc) is 2.15. The van der Waals surface area contributed by atoms with Gasteiger partial charge in [0.2, 0.25) is 0 Å². The molecule has 0 bridgehead atoms. The van der Waals surface area contributed by atoms with E-state index in [2.05, 4.69) is 6.92 Å². The lowest BCUT2D eigenvalue weighted by Crippen LogP contribution is -2.11. The van der Waals surface area contributed by atoms with Gasteiger partial charge in [-0.15, -0.1) is 0 Å². The molecule has 94 valence electrons. The van der Waals surface area contributed by atoms with Crippen LogP contribution in [-0.4, -0.2) is 21.4 Å². The van der Waals surface area contributed by atoms with E-state index in [1.807, 2.05) is 0 Å². The fourth-order valence-corrected chi connectivity index (χ4v) is 2.59. The summed E-state index contributed by atoms with van der Waals surface area (Å²) in [6, 6.07) is 0. The van der Waals surface area contributed by atoms with Gasteiger partial charge in [0.15, 0.2) is 5.12 Å². The van der Waals surface area contributed by atoms with E-state index in [1.54, 1.807) is 0 Å². The van der Waals surface area contributed by atoms with Crippen LogP contribution in [0.25, 0.3) is 0 Å². The second-order valence-corrected chi connectivity index (χ2v) is 5.51. The van der Waals surface area contributed by atoms with Crippen molar-refractivity contribution in [1.29, 1.82) is 0 Å². The number of hydrogen-bond donors (Lipinski definition) is 1. The molecule has 1 unspecified atom stereocenters. The van der Waals surface area contributed by atoms with E-state index < -0.39 is 5.97 Å². The zero-order valence-electron chi connectivity index (χ0n) is 10.2. The minimum atomic E-state index is -0.813. The van der Waals surface area contributed by atoms with Gasteiger partial charge in [0.25, 0.3) is 0 Å². The van der Waals surface area contributed by atoms with Gasteiger partial charge in [0.1, 0.15) is 0 Å². The van der Waals surface area contributed by atoms with Crippen LogP contribution >= 0.6 is 11.8 Å². The van der Waals surface area contributed by atoms with Crippen molar-refractivity contribution in [2.75, 3.05) is 0 Å². The number of carbonyl (C=O) groups is 2. The Morgan fingerprint density at radius 3 is 2.31 bits per heavy atom. The summed E-state index contributed by atoms with van der Waals surface area (Å²) in [6.07, 6.45) is 6.75. The van der Waals surface area contributed by atoms with Crippen LogP contribution in [0.3, 0.4) is 0 Å². The highest BCUT2D eigenvalue weighted by Gasteiger charge is 2.15. The van der Waals surface area contributed by atoms with Crippen LogP contribution in [0.2, 0.25) is 0 Å². The molecule has 1 atom stereocenters. The molecule has 0 aliphatic carbocycles. The van der Waals surface area contributed by atoms with E-state index >= 15 is 0 Å². The summed E-state index contributed by atoms with van der Waals surface area (Å²) < 4.78 is 0. The summed E-state index contributed by atoms with van der Waals surface area (Å²) in [5.74, 6) is -0.813. The Morgan fingerprint density at radius 2 is 1.81 bits per heavy atom. The highest BCUT2D eigenvalue weighted by molar-refractivity contribution is 8.14. The molecule has 0 radical (unpaired) electrons. The normalized spacial score (nSPS) is 12.4. The smallest absolute Gasteiger partial charge is 0.304 e. The predicted molar refractivity (Wildman–Crippen MR) is 67.7 cm³/mol. The number of hydrogen-bond acceptors (Lipinski definition) is 3. The highest BCUT2D eigenvalue weighted by atomic mass is 32.2. The number of carboxylic acid groups (broad SMARTS) is 1. The van der Waals surface area contributed by atoms with Crippen LogP contribution < -0.4 is 0 Å². The Hall–Kier alpha value is -0.510. The fraction of sp³-hybridized carbons (Fsp3) is 0.833. The minimum Gasteiger partial charge on any atom is -0.481 e. The molecule has 0 aliphatic rings. The predicted octanol–water partition coefficient (Wildman–Crippen LogP) is 3.47. The lowest BCUT2D eigenvalue weighted by molar-refractivity contribution is -0.137. The van der Waals surface area contributed by atoms with Gasteiger partial charge in [-0.1, -0.05) is 50.8 Å². The Bertz CT molecular complexity index is 200. The number of rotatable bonds is 9. The van der Waals surface area contributed by atoms with E-state index in [-0.39, 0.29) is 16.8 Å². The first kappa shape index (κ1) is 15.5. The zero-order chi connectivity index (χ0) is 12.4. The van der Waals surface area contributed by atoms with Crippen molar-refractivity contribution in [3.05, 3.63) is 0 Å². The highest BCUT2D eigenvalue weighted by Crippen LogP contribution is 2.22. The third kappa shape index (κ3) is 10.0. The standard InChI is InChI=1S/C12H22O3S/c1-3-4-5-6-7-8-11(9-12(14)15)16-10(2)13/h11H,3-9H2,1-2H3,(H,14,15). The van der Waals surface area contributed by atoms with Crippen molar-refractivity contribution in [2.24, 2.45) is 0 Å². The third-order valence-electron chi connectivity index (χ3n) is 2.36. The maximum Gasteiger partial charge on any atom is 0.304 e. The Labute approximate surface area is 102 Å². The number of carbonyl (C=O) groups excluding carboxylic acids is 1. The molecule has 0 spiro atoms. The first-order valence-corrected chi connectivity index (χ1v) is 6.83. The van der Waals surface area contributed by atoms with E-state index in [1.165, 1.54) is 37.9 Å². The van der Waals surface area contributed by atoms with Gasteiger partial charge in [-0.25, -0.2) is 0 Å². The van der Waals surface area contributed by atoms with Crippen LogP contribution in [0, 0.1) is 0 Å². The molecule has 0 saturated carbocycles. The largest absolute Gasteiger partial charge is 0.481 e. The van der Waals surface area contributed by atoms with Crippen LogP contribution in [0.5, 0.6) is 0 Å². The number of aliphatic carboxylic acids is 1. The first-order valence-electron chi connectivity index (χ1n) is 5.95. The van der Waals surface area contributed by atoms with E-state index in [0.29, 0.717) is 0 Å². The second-order valence-electron chi connectivity index (χ2n) is 4.03. The molecule has 16 heavy (non-hydrogen) atoms. The van der Waals surface area contributed by atoms with Crippen molar-refractivity contribution in [2.45, 2.75) is 64.0 Å². The SMILES string of the molecule is CCCCCCCC(CC(=O)O)SC(C)=O. The van der Waals surface area contributed by atoms with Gasteiger partial charge in [-0.2, -0.15) is 0 Å². The summed E-state index contributed by atoms with van der Waals surface area (Å²) in [5.41, 5.74) is 0. The zero-order valence-corrected chi connectivity index (χ0v) is 11.0. The molecule has 0 amide bonds. The molecule has 3 nitrogen and oxygen atoms in total. The summed E-state index contributed by atoms with van der Waals surface area (Å²) in [7, 11) is 0. The van der Waals surface area contributed by atoms with Crippen LogP contribution in [0.15, 0.2) is 0 Å². The van der Waals surface area contributed by atoms with Crippen LogP contribution in [-0.2, 0) is 9.59 Å². The van der Waals surface area contributed by atoms with Crippen LogP contribution in [0.1, 0.15) is 58.8 Å². The first-order chi connectivity index (χ1) is 7.56. The van der Waals surface area contributed by atoms with Gasteiger partial charge >= 0.3 is 5.97 Å². The van der Waals surface area contributed by atoms with Crippen molar-refractivity contribution >= 4 is 22.8 Å². The molecule has 0 aromatic rings. The van der Waals surface area contributed by atoms with Gasteiger partial charge in [-0.05, 0) is 6.42 Å². The van der Waals surface area contributed by atoms with Gasteiger partial charge < -0.3 is 5.11 Å². The second kappa shape index (κ2) is 9.70. The van der Waals surface area contributed by atoms with Crippen molar-refractivity contribution < 1.29 is 14.7 Å². The topological polar surface area (TPSA) is 54.4 Å². The van der Waals surface area contributed by atoms with Crippen molar-refractivity contribution in [1.82, 2.24) is 0 Å². The fourth-order valence-electron chi connectivity index (χ4n) is 1.61. The number of unbranched alkanes of at least 4 members (excludes halogenated alkanes) is 4. The quantitative estimate of drug-likeness (QED) is 0.633. The molecule has 0 aromatic carbocycles. The van der Waals surface area contributed by atoms with Gasteiger partial charge in [0, 0.05) is 12.2 Å². The molecular weight excluding hydrogens is 224 g/mol. The Morgan fingerprint density at radius 1 is 1.19 bits per heavy atom. The Balaban J connectivity index is 3.73.